The van der Waals surface area contributed by atoms with Gasteiger partial charge in [0.05, 0.1) is 0 Å². The van der Waals surface area contributed by atoms with Crippen LogP contribution in [0.1, 0.15) is 18.1 Å². The Morgan fingerprint density at radius 3 is 2.95 bits per heavy atom. The summed E-state index contributed by atoms with van der Waals surface area (Å²) in [6, 6.07) is 10.5. The number of nitrogens with one attached hydrogen (secondary N) is 1. The number of benzene rings is 1. The largest absolute Gasteiger partial charge is 0.350 e. The molecule has 1 N–H and O–H groups in total. The van der Waals surface area contributed by atoms with Crippen molar-refractivity contribution in [2.24, 2.45) is 0 Å². The molecule has 0 aliphatic rings. The van der Waals surface area contributed by atoms with Crippen molar-refractivity contribution in [3.8, 4) is 0 Å². The van der Waals surface area contributed by atoms with E-state index in [0.29, 0.717) is 0 Å². The van der Waals surface area contributed by atoms with Gasteiger partial charge in [0.2, 0.25) is 5.91 Å². The van der Waals surface area contributed by atoms with Crippen LogP contribution in [0.4, 0.5) is 0 Å². The third-order valence-electron chi connectivity index (χ3n) is 3.45. The Bertz CT molecular complexity index is 786. The minimum absolute atomic E-state index is 0.0433. The molecule has 0 saturated carbocycles. The summed E-state index contributed by atoms with van der Waals surface area (Å²) in [7, 11) is 0. The lowest BCUT2D eigenvalue weighted by molar-refractivity contribution is -0.117. The summed E-state index contributed by atoms with van der Waals surface area (Å²) in [6.45, 7) is 2.04. The van der Waals surface area contributed by atoms with Crippen LogP contribution >= 0.6 is 22.7 Å². The van der Waals surface area contributed by atoms with Crippen LogP contribution in [0.15, 0.2) is 52.5 Å². The molecule has 22 heavy (non-hydrogen) atoms. The van der Waals surface area contributed by atoms with E-state index in [1.807, 2.05) is 29.8 Å². The topological polar surface area (TPSA) is 29.1 Å². The molecule has 1 atom stereocenters. The fraction of sp³-hybridized carbons (Fsp3) is 0.167. The molecule has 0 fully saturated rings. The number of rotatable bonds is 5. The Hall–Kier alpha value is -1.91. The minimum Gasteiger partial charge on any atom is -0.350 e. The molecule has 0 saturated heterocycles. The van der Waals surface area contributed by atoms with Crippen molar-refractivity contribution in [3.05, 3.63) is 63.7 Å². The molecule has 2 nitrogen and oxygen atoms in total. The number of hydrogen-bond donors (Lipinski definition) is 1. The summed E-state index contributed by atoms with van der Waals surface area (Å²) in [5, 5.41) is 10.5. The molecule has 1 amide bonds. The summed E-state index contributed by atoms with van der Waals surface area (Å²) in [5.74, 6) is -0.0433. The van der Waals surface area contributed by atoms with Gasteiger partial charge in [-0.2, -0.15) is 11.3 Å². The van der Waals surface area contributed by atoms with Gasteiger partial charge in [-0.1, -0.05) is 18.2 Å². The lowest BCUT2D eigenvalue weighted by Gasteiger charge is -2.12. The highest BCUT2D eigenvalue weighted by atomic mass is 32.1. The highest BCUT2D eigenvalue weighted by Crippen LogP contribution is 2.26. The second kappa shape index (κ2) is 6.90. The van der Waals surface area contributed by atoms with Gasteiger partial charge in [-0.3, -0.25) is 4.79 Å². The van der Waals surface area contributed by atoms with Crippen LogP contribution in [0.2, 0.25) is 0 Å². The van der Waals surface area contributed by atoms with E-state index in [9.17, 15) is 4.79 Å². The van der Waals surface area contributed by atoms with Gasteiger partial charge in [-0.25, -0.2) is 0 Å². The predicted molar refractivity (Wildman–Crippen MR) is 96.5 cm³/mol. The van der Waals surface area contributed by atoms with E-state index in [4.69, 9.17) is 0 Å². The maximum absolute atomic E-state index is 11.9. The Kier molecular flexibility index (Phi) is 4.71. The summed E-state index contributed by atoms with van der Waals surface area (Å²) in [4.78, 5) is 11.9. The van der Waals surface area contributed by atoms with Crippen molar-refractivity contribution < 1.29 is 4.79 Å². The predicted octanol–water partition coefficient (Wildman–Crippen LogP) is 4.72. The van der Waals surface area contributed by atoms with Gasteiger partial charge >= 0.3 is 0 Å². The van der Waals surface area contributed by atoms with Gasteiger partial charge in [0, 0.05) is 16.8 Å². The Morgan fingerprint density at radius 1 is 1.27 bits per heavy atom. The summed E-state index contributed by atoms with van der Waals surface area (Å²) in [5.41, 5.74) is 2.37. The molecule has 0 aliphatic carbocycles. The minimum atomic E-state index is -0.0433. The van der Waals surface area contributed by atoms with E-state index < -0.39 is 0 Å². The average molecular weight is 327 g/mol. The van der Waals surface area contributed by atoms with Crippen LogP contribution in [-0.4, -0.2) is 11.9 Å². The first-order chi connectivity index (χ1) is 10.7. The molecule has 0 aliphatic heterocycles. The number of hydrogen-bond acceptors (Lipinski definition) is 3. The van der Waals surface area contributed by atoms with Crippen LogP contribution in [0.25, 0.3) is 16.2 Å². The molecule has 0 bridgehead atoms. The molecular weight excluding hydrogens is 310 g/mol. The fourth-order valence-electron chi connectivity index (χ4n) is 2.40. The number of carbonyl (C=O) groups excluding carboxylic acids is 1. The fourth-order valence-corrected chi connectivity index (χ4v) is 4.01. The first kappa shape index (κ1) is 15.0. The maximum atomic E-state index is 11.9. The van der Waals surface area contributed by atoms with Crippen molar-refractivity contribution in [2.45, 2.75) is 19.4 Å². The third-order valence-corrected chi connectivity index (χ3v) is 5.16. The van der Waals surface area contributed by atoms with E-state index in [0.717, 1.165) is 12.0 Å². The number of thiophene rings is 2. The Morgan fingerprint density at radius 2 is 2.14 bits per heavy atom. The van der Waals surface area contributed by atoms with Crippen LogP contribution in [0.3, 0.4) is 0 Å². The molecule has 3 aromatic rings. The lowest BCUT2D eigenvalue weighted by atomic mass is 10.1. The van der Waals surface area contributed by atoms with E-state index in [-0.39, 0.29) is 11.9 Å². The Labute approximate surface area is 138 Å². The molecule has 0 unspecified atom stereocenters. The zero-order chi connectivity index (χ0) is 15.4. The van der Waals surface area contributed by atoms with Gasteiger partial charge in [-0.15, -0.1) is 11.3 Å². The number of carbonyl (C=O) groups is 1. The number of fused-ring (bicyclic) bond motifs is 1. The molecule has 112 valence electrons. The van der Waals surface area contributed by atoms with Crippen molar-refractivity contribution in [1.29, 1.82) is 0 Å². The van der Waals surface area contributed by atoms with Crippen molar-refractivity contribution in [3.63, 3.8) is 0 Å². The smallest absolute Gasteiger partial charge is 0.244 e. The Balaban J connectivity index is 1.60. The molecule has 4 heteroatoms. The SMILES string of the molecule is C[C@@H](Cc1csc2ccccc12)NC(=O)/C=C/c1ccsc1. The van der Waals surface area contributed by atoms with Gasteiger partial charge in [0.1, 0.15) is 0 Å². The second-order valence-electron chi connectivity index (χ2n) is 5.26. The van der Waals surface area contributed by atoms with Crippen molar-refractivity contribution in [2.75, 3.05) is 0 Å². The second-order valence-corrected chi connectivity index (χ2v) is 6.95. The lowest BCUT2D eigenvalue weighted by Crippen LogP contribution is -2.32. The third kappa shape index (κ3) is 3.64. The molecule has 2 aromatic heterocycles. The zero-order valence-corrected chi connectivity index (χ0v) is 13.9. The van der Waals surface area contributed by atoms with E-state index in [2.05, 4.69) is 35.0 Å². The molecule has 0 radical (unpaired) electrons. The highest BCUT2D eigenvalue weighted by Gasteiger charge is 2.09. The van der Waals surface area contributed by atoms with Crippen molar-refractivity contribution >= 4 is 44.7 Å². The van der Waals surface area contributed by atoms with Crippen molar-refractivity contribution in [1.82, 2.24) is 5.32 Å². The highest BCUT2D eigenvalue weighted by molar-refractivity contribution is 7.17. The van der Waals surface area contributed by atoms with E-state index >= 15 is 0 Å². The number of amides is 1. The average Bonchev–Trinajstić information content (AvgIpc) is 3.15. The van der Waals surface area contributed by atoms with Crippen LogP contribution in [0.5, 0.6) is 0 Å². The summed E-state index contributed by atoms with van der Waals surface area (Å²) in [6.07, 6.45) is 4.30. The van der Waals surface area contributed by atoms with Gasteiger partial charge in [0.15, 0.2) is 0 Å². The molecule has 0 spiro atoms. The monoisotopic (exact) mass is 327 g/mol. The molecule has 2 heterocycles. The van der Waals surface area contributed by atoms with Crippen LogP contribution < -0.4 is 5.32 Å². The first-order valence-corrected chi connectivity index (χ1v) is 9.00. The summed E-state index contributed by atoms with van der Waals surface area (Å²) >= 11 is 3.39. The quantitative estimate of drug-likeness (QED) is 0.675. The summed E-state index contributed by atoms with van der Waals surface area (Å²) < 4.78 is 1.30. The van der Waals surface area contributed by atoms with Crippen LogP contribution in [0, 0.1) is 0 Å². The van der Waals surface area contributed by atoms with Gasteiger partial charge < -0.3 is 5.32 Å². The van der Waals surface area contributed by atoms with E-state index in [1.165, 1.54) is 15.6 Å². The first-order valence-electron chi connectivity index (χ1n) is 7.18. The standard InChI is InChI=1S/C18H17NOS2/c1-13(19-18(20)7-6-14-8-9-21-11-14)10-15-12-22-17-5-3-2-4-16(15)17/h2-9,11-13H,10H2,1H3,(H,19,20)/b7-6+/t13-/m0/s1. The molecule has 3 rings (SSSR count). The van der Waals surface area contributed by atoms with Gasteiger partial charge in [0.25, 0.3) is 0 Å². The van der Waals surface area contributed by atoms with E-state index in [1.54, 1.807) is 28.7 Å². The van der Waals surface area contributed by atoms with Crippen LogP contribution in [-0.2, 0) is 11.2 Å². The normalized spacial score (nSPS) is 12.8. The molecule has 1 aromatic carbocycles. The zero-order valence-electron chi connectivity index (χ0n) is 12.3. The van der Waals surface area contributed by atoms with Gasteiger partial charge in [-0.05, 0) is 64.2 Å². The molecular formula is C18H17NOS2. The maximum Gasteiger partial charge on any atom is 0.244 e.